The van der Waals surface area contributed by atoms with Crippen molar-refractivity contribution in [3.63, 3.8) is 0 Å². The van der Waals surface area contributed by atoms with Crippen LogP contribution in [0.5, 0.6) is 11.6 Å². The van der Waals surface area contributed by atoms with E-state index in [0.29, 0.717) is 6.42 Å². The molecule has 9 heteroatoms. The molecule has 0 fully saturated rings. The molecule has 1 unspecified atom stereocenters. The van der Waals surface area contributed by atoms with Crippen molar-refractivity contribution >= 4 is 35.1 Å². The smallest absolute Gasteiger partial charge is 0.313 e. The van der Waals surface area contributed by atoms with Gasteiger partial charge in [-0.2, -0.15) is 0 Å². The second-order valence-electron chi connectivity index (χ2n) is 6.64. The van der Waals surface area contributed by atoms with E-state index in [1.807, 2.05) is 0 Å². The largest absolute Gasteiger partial charge is 0.481 e. The second kappa shape index (κ2) is 9.28. The number of pyridine rings is 1. The number of carboxylic acid groups (broad SMARTS) is 1. The van der Waals surface area contributed by atoms with Crippen LogP contribution in [0.1, 0.15) is 23.2 Å². The zero-order valence-corrected chi connectivity index (χ0v) is 17.1. The van der Waals surface area contributed by atoms with Gasteiger partial charge in [0.15, 0.2) is 0 Å². The average molecular weight is 451 g/mol. The SMILES string of the molecule is O=C(NCCC1(C(=O)O)C=CC=CC1)c1cc(Cl)cnc1Oc1ccc(Cl)c(F)c1. The fourth-order valence-corrected chi connectivity index (χ4v) is 3.21. The average Bonchev–Trinajstić information content (AvgIpc) is 2.72. The number of carbonyl (C=O) groups is 2. The number of carboxylic acids is 1. The Morgan fingerprint density at radius 2 is 2.07 bits per heavy atom. The van der Waals surface area contributed by atoms with Crippen molar-refractivity contribution in [3.05, 3.63) is 76.2 Å². The molecule has 156 valence electrons. The zero-order valence-electron chi connectivity index (χ0n) is 15.6. The highest BCUT2D eigenvalue weighted by atomic mass is 35.5. The third-order valence-electron chi connectivity index (χ3n) is 4.60. The van der Waals surface area contributed by atoms with Crippen molar-refractivity contribution in [1.29, 1.82) is 0 Å². The van der Waals surface area contributed by atoms with Gasteiger partial charge in [0.2, 0.25) is 5.88 Å². The van der Waals surface area contributed by atoms with Crippen LogP contribution < -0.4 is 10.1 Å². The molecule has 1 heterocycles. The molecule has 6 nitrogen and oxygen atoms in total. The molecule has 1 aliphatic carbocycles. The molecule has 2 N–H and O–H groups in total. The van der Waals surface area contributed by atoms with Crippen LogP contribution in [0.2, 0.25) is 10.0 Å². The lowest BCUT2D eigenvalue weighted by molar-refractivity contribution is -0.146. The molecule has 1 amide bonds. The van der Waals surface area contributed by atoms with E-state index in [1.165, 1.54) is 24.4 Å². The third-order valence-corrected chi connectivity index (χ3v) is 5.11. The Labute approximate surface area is 182 Å². The maximum atomic E-state index is 13.7. The minimum atomic E-state index is -1.07. The summed E-state index contributed by atoms with van der Waals surface area (Å²) < 4.78 is 19.2. The Hall–Kier alpha value is -2.90. The van der Waals surface area contributed by atoms with E-state index in [4.69, 9.17) is 27.9 Å². The molecule has 1 aliphatic rings. The number of nitrogens with zero attached hydrogens (tertiary/aromatic N) is 1. The van der Waals surface area contributed by atoms with Gasteiger partial charge in [0.1, 0.15) is 17.1 Å². The van der Waals surface area contributed by atoms with Crippen molar-refractivity contribution in [2.24, 2.45) is 5.41 Å². The number of nitrogens with one attached hydrogen (secondary N) is 1. The molecule has 2 aromatic rings. The summed E-state index contributed by atoms with van der Waals surface area (Å²) in [4.78, 5) is 28.4. The van der Waals surface area contributed by atoms with Crippen LogP contribution in [0.25, 0.3) is 0 Å². The predicted molar refractivity (Wildman–Crippen MR) is 111 cm³/mol. The molecule has 30 heavy (non-hydrogen) atoms. The van der Waals surface area contributed by atoms with Crippen LogP contribution in [0.4, 0.5) is 4.39 Å². The van der Waals surface area contributed by atoms with Crippen LogP contribution in [0.3, 0.4) is 0 Å². The van der Waals surface area contributed by atoms with Gasteiger partial charge in [-0.25, -0.2) is 9.37 Å². The Bertz CT molecular complexity index is 1040. The Morgan fingerprint density at radius 1 is 1.27 bits per heavy atom. The first kappa shape index (κ1) is 21.8. The molecule has 0 aliphatic heterocycles. The van der Waals surface area contributed by atoms with E-state index in [0.717, 1.165) is 6.07 Å². The first-order valence-corrected chi connectivity index (χ1v) is 9.71. The Kier molecular flexibility index (Phi) is 6.74. The van der Waals surface area contributed by atoms with Gasteiger partial charge < -0.3 is 15.2 Å². The number of rotatable bonds is 7. The minimum absolute atomic E-state index is 0.0290. The molecule has 0 saturated carbocycles. The number of ether oxygens (including phenoxy) is 1. The van der Waals surface area contributed by atoms with Crippen LogP contribution in [-0.2, 0) is 4.79 Å². The second-order valence-corrected chi connectivity index (χ2v) is 7.49. The number of halogens is 3. The van der Waals surface area contributed by atoms with Crippen LogP contribution in [0, 0.1) is 11.2 Å². The van der Waals surface area contributed by atoms with E-state index >= 15 is 0 Å². The molecule has 1 atom stereocenters. The van der Waals surface area contributed by atoms with Gasteiger partial charge in [-0.05, 0) is 31.0 Å². The summed E-state index contributed by atoms with van der Waals surface area (Å²) in [6, 6.07) is 5.18. The van der Waals surface area contributed by atoms with Crippen LogP contribution in [0.15, 0.2) is 54.8 Å². The zero-order chi connectivity index (χ0) is 21.7. The number of aromatic nitrogens is 1. The number of aliphatic carboxylic acids is 1. The van der Waals surface area contributed by atoms with Crippen molar-refractivity contribution in [2.45, 2.75) is 12.8 Å². The van der Waals surface area contributed by atoms with Crippen molar-refractivity contribution in [1.82, 2.24) is 10.3 Å². The quantitative estimate of drug-likeness (QED) is 0.617. The number of allylic oxidation sites excluding steroid dienone is 3. The van der Waals surface area contributed by atoms with Crippen LogP contribution >= 0.6 is 23.2 Å². The lowest BCUT2D eigenvalue weighted by atomic mass is 9.79. The topological polar surface area (TPSA) is 88.5 Å². The summed E-state index contributed by atoms with van der Waals surface area (Å²) in [7, 11) is 0. The predicted octanol–water partition coefficient (Wildman–Crippen LogP) is 5.03. The number of carbonyl (C=O) groups excluding carboxylic acids is 1. The highest BCUT2D eigenvalue weighted by molar-refractivity contribution is 6.31. The Balaban J connectivity index is 1.73. The van der Waals surface area contributed by atoms with Gasteiger partial charge >= 0.3 is 5.97 Å². The molecule has 0 spiro atoms. The monoisotopic (exact) mass is 450 g/mol. The number of benzene rings is 1. The summed E-state index contributed by atoms with van der Waals surface area (Å²) in [5, 5.41) is 12.4. The molecule has 0 saturated heterocycles. The normalized spacial score (nSPS) is 17.6. The van der Waals surface area contributed by atoms with Gasteiger partial charge in [-0.3, -0.25) is 9.59 Å². The molecule has 0 radical (unpaired) electrons. The molecular formula is C21H17Cl2FN2O4. The summed E-state index contributed by atoms with van der Waals surface area (Å²) in [5.41, 5.74) is -1.05. The van der Waals surface area contributed by atoms with Gasteiger partial charge in [0, 0.05) is 18.8 Å². The van der Waals surface area contributed by atoms with E-state index in [1.54, 1.807) is 24.3 Å². The fourth-order valence-electron chi connectivity index (χ4n) is 2.93. The van der Waals surface area contributed by atoms with Gasteiger partial charge in [0.25, 0.3) is 5.91 Å². The maximum absolute atomic E-state index is 13.7. The summed E-state index contributed by atoms with van der Waals surface area (Å²) >= 11 is 11.6. The Morgan fingerprint density at radius 3 is 2.73 bits per heavy atom. The third kappa shape index (κ3) is 4.98. The van der Waals surface area contributed by atoms with Gasteiger partial charge in [0.05, 0.1) is 15.5 Å². The highest BCUT2D eigenvalue weighted by Gasteiger charge is 2.35. The van der Waals surface area contributed by atoms with Gasteiger partial charge in [-0.1, -0.05) is 47.5 Å². The molecule has 3 rings (SSSR count). The van der Waals surface area contributed by atoms with Gasteiger partial charge in [-0.15, -0.1) is 0 Å². The maximum Gasteiger partial charge on any atom is 0.313 e. The first-order valence-electron chi connectivity index (χ1n) is 8.95. The van der Waals surface area contributed by atoms with E-state index < -0.39 is 23.1 Å². The number of hydrogen-bond donors (Lipinski definition) is 2. The highest BCUT2D eigenvalue weighted by Crippen LogP contribution is 2.32. The van der Waals surface area contributed by atoms with Crippen LogP contribution in [-0.4, -0.2) is 28.5 Å². The molecular weight excluding hydrogens is 434 g/mol. The lowest BCUT2D eigenvalue weighted by Gasteiger charge is -2.26. The standard InChI is InChI=1S/C21H17Cl2FN2O4/c22-13-10-15(19(26-12-13)30-14-4-5-16(23)17(24)11-14)18(27)25-9-8-21(20(28)29)6-2-1-3-7-21/h1-6,10-12H,7-9H2,(H,25,27)(H,28,29). The summed E-state index contributed by atoms with van der Waals surface area (Å²) in [5.74, 6) is -2.17. The van der Waals surface area contributed by atoms with Crippen molar-refractivity contribution in [3.8, 4) is 11.6 Å². The lowest BCUT2D eigenvalue weighted by Crippen LogP contribution is -2.35. The fraction of sp³-hybridized carbons (Fsp3) is 0.190. The molecule has 1 aromatic heterocycles. The summed E-state index contributed by atoms with van der Waals surface area (Å²) in [6.45, 7) is 0.102. The van der Waals surface area contributed by atoms with E-state index in [-0.39, 0.29) is 40.2 Å². The minimum Gasteiger partial charge on any atom is -0.481 e. The van der Waals surface area contributed by atoms with E-state index in [2.05, 4.69) is 10.3 Å². The van der Waals surface area contributed by atoms with Crippen molar-refractivity contribution < 1.29 is 23.8 Å². The van der Waals surface area contributed by atoms with Crippen molar-refractivity contribution in [2.75, 3.05) is 6.54 Å². The summed E-state index contributed by atoms with van der Waals surface area (Å²) in [6.07, 6.45) is 8.67. The molecule has 0 bridgehead atoms. The molecule has 1 aromatic carbocycles. The number of amides is 1. The number of hydrogen-bond acceptors (Lipinski definition) is 4. The van der Waals surface area contributed by atoms with E-state index in [9.17, 15) is 19.1 Å². The first-order chi connectivity index (χ1) is 14.3.